The number of hydrogen-bond donors (Lipinski definition) is 2. The lowest BCUT2D eigenvalue weighted by Crippen LogP contribution is -2.12. The lowest BCUT2D eigenvalue weighted by molar-refractivity contribution is 0.0695. The van der Waals surface area contributed by atoms with Gasteiger partial charge < -0.3 is 15.2 Å². The highest BCUT2D eigenvalue weighted by Crippen LogP contribution is 2.23. The summed E-state index contributed by atoms with van der Waals surface area (Å²) in [4.78, 5) is 32.5. The Hall–Kier alpha value is -4.43. The van der Waals surface area contributed by atoms with Crippen LogP contribution in [0.5, 0.6) is 0 Å². The highest BCUT2D eigenvalue weighted by molar-refractivity contribution is 6.05. The number of carbonyl (C=O) groups excluding carboxylic acids is 1. The number of rotatable bonds is 8. The topological polar surface area (TPSA) is 101 Å². The number of carboxylic acids is 1. The molecule has 2 heterocycles. The van der Waals surface area contributed by atoms with Gasteiger partial charge in [-0.25, -0.2) is 9.18 Å². The van der Waals surface area contributed by atoms with Crippen molar-refractivity contribution < 1.29 is 23.8 Å². The molecule has 0 fully saturated rings. The monoisotopic (exact) mass is 471 g/mol. The molecule has 0 unspecified atom stereocenters. The molecule has 0 saturated carbocycles. The molecular weight excluding hydrogens is 449 g/mol. The summed E-state index contributed by atoms with van der Waals surface area (Å²) < 4.78 is 20.1. The minimum Gasteiger partial charge on any atom is -0.478 e. The van der Waals surface area contributed by atoms with E-state index in [1.807, 2.05) is 12.1 Å². The molecule has 0 saturated heterocycles. The third-order valence-corrected chi connectivity index (χ3v) is 5.32. The number of carbonyl (C=O) groups is 2. The van der Waals surface area contributed by atoms with Gasteiger partial charge in [-0.1, -0.05) is 24.3 Å². The van der Waals surface area contributed by atoms with Gasteiger partial charge in [0.2, 0.25) is 0 Å². The molecule has 0 aliphatic heterocycles. The molecule has 1 amide bonds. The summed E-state index contributed by atoms with van der Waals surface area (Å²) in [5.74, 6) is -1.99. The lowest BCUT2D eigenvalue weighted by atomic mass is 10.0. The van der Waals surface area contributed by atoms with Crippen LogP contribution in [-0.4, -0.2) is 27.0 Å². The molecule has 0 spiro atoms. The Morgan fingerprint density at radius 3 is 2.57 bits per heavy atom. The maximum absolute atomic E-state index is 14.5. The Morgan fingerprint density at radius 1 is 0.971 bits per heavy atom. The number of benzene rings is 2. The van der Waals surface area contributed by atoms with Crippen molar-refractivity contribution in [3.63, 3.8) is 0 Å². The maximum atomic E-state index is 14.5. The molecule has 176 valence electrons. The minimum absolute atomic E-state index is 0.0710. The van der Waals surface area contributed by atoms with Crippen LogP contribution >= 0.6 is 0 Å². The van der Waals surface area contributed by atoms with Crippen molar-refractivity contribution in [3.8, 4) is 11.1 Å². The maximum Gasteiger partial charge on any atom is 0.337 e. The first-order valence-electron chi connectivity index (χ1n) is 10.8. The molecule has 7 nitrogen and oxygen atoms in total. The van der Waals surface area contributed by atoms with E-state index in [0.717, 1.165) is 5.69 Å². The summed E-state index contributed by atoms with van der Waals surface area (Å²) in [7, 11) is 0. The fourth-order valence-electron chi connectivity index (χ4n) is 3.44. The van der Waals surface area contributed by atoms with Gasteiger partial charge in [-0.2, -0.15) is 0 Å². The van der Waals surface area contributed by atoms with Crippen LogP contribution in [0.15, 0.2) is 79.1 Å². The van der Waals surface area contributed by atoms with Crippen LogP contribution in [0, 0.1) is 12.7 Å². The van der Waals surface area contributed by atoms with Crippen LogP contribution in [0.3, 0.4) is 0 Å². The number of carboxylic acid groups (broad SMARTS) is 1. The number of aryl methyl sites for hydroxylation is 1. The number of halogens is 1. The first-order chi connectivity index (χ1) is 16.9. The van der Waals surface area contributed by atoms with Gasteiger partial charge >= 0.3 is 5.97 Å². The Labute approximate surface area is 201 Å². The normalized spacial score (nSPS) is 10.7. The number of aromatic nitrogens is 2. The predicted molar refractivity (Wildman–Crippen MR) is 128 cm³/mol. The second-order valence-corrected chi connectivity index (χ2v) is 7.82. The van der Waals surface area contributed by atoms with Gasteiger partial charge in [-0.3, -0.25) is 14.8 Å². The fraction of sp³-hybridized carbons (Fsp3) is 0.111. The molecule has 2 aromatic heterocycles. The van der Waals surface area contributed by atoms with Crippen molar-refractivity contribution in [1.82, 2.24) is 9.97 Å². The molecule has 8 heteroatoms. The van der Waals surface area contributed by atoms with Gasteiger partial charge in [-0.05, 0) is 55.0 Å². The summed E-state index contributed by atoms with van der Waals surface area (Å²) in [6.07, 6.45) is 3.22. The Balaban J connectivity index is 1.43. The molecule has 2 N–H and O–H groups in total. The van der Waals surface area contributed by atoms with Crippen molar-refractivity contribution >= 4 is 17.6 Å². The molecule has 0 radical (unpaired) electrons. The van der Waals surface area contributed by atoms with Crippen molar-refractivity contribution in [2.24, 2.45) is 0 Å². The smallest absolute Gasteiger partial charge is 0.337 e. The average molecular weight is 471 g/mol. The Morgan fingerprint density at radius 2 is 1.83 bits per heavy atom. The SMILES string of the molecule is Cc1ncc(-c2cccc(C(=O)Nc3ccc(COCc4ccccn4)c(F)c3)c2)cc1C(=O)O. The highest BCUT2D eigenvalue weighted by Gasteiger charge is 2.13. The molecule has 0 aliphatic carbocycles. The zero-order chi connectivity index (χ0) is 24.8. The average Bonchev–Trinajstić information content (AvgIpc) is 2.86. The van der Waals surface area contributed by atoms with E-state index in [0.29, 0.717) is 33.6 Å². The molecule has 4 rings (SSSR count). The van der Waals surface area contributed by atoms with E-state index in [9.17, 15) is 19.1 Å². The highest BCUT2D eigenvalue weighted by atomic mass is 19.1. The molecule has 35 heavy (non-hydrogen) atoms. The first kappa shape index (κ1) is 23.7. The van der Waals surface area contributed by atoms with Crippen molar-refractivity contribution in [2.75, 3.05) is 5.32 Å². The number of amides is 1. The molecule has 0 aliphatic rings. The predicted octanol–water partition coefficient (Wildman–Crippen LogP) is 5.26. The number of nitrogens with one attached hydrogen (secondary N) is 1. The van der Waals surface area contributed by atoms with Crippen molar-refractivity contribution in [3.05, 3.63) is 113 Å². The van der Waals surface area contributed by atoms with E-state index in [4.69, 9.17) is 4.74 Å². The summed E-state index contributed by atoms with van der Waals surface area (Å²) in [5.41, 5.74) is 3.46. The molecular formula is C27H22FN3O4. The van der Waals surface area contributed by atoms with E-state index in [2.05, 4.69) is 15.3 Å². The Kier molecular flexibility index (Phi) is 7.23. The number of pyridine rings is 2. The van der Waals surface area contributed by atoms with Crippen LogP contribution < -0.4 is 5.32 Å². The van der Waals surface area contributed by atoms with E-state index in [1.165, 1.54) is 12.1 Å². The second-order valence-electron chi connectivity index (χ2n) is 7.82. The van der Waals surface area contributed by atoms with E-state index in [1.54, 1.807) is 61.8 Å². The zero-order valence-corrected chi connectivity index (χ0v) is 18.9. The van der Waals surface area contributed by atoms with Crippen LogP contribution in [0.4, 0.5) is 10.1 Å². The zero-order valence-electron chi connectivity index (χ0n) is 18.9. The van der Waals surface area contributed by atoms with E-state index < -0.39 is 17.7 Å². The van der Waals surface area contributed by atoms with Gasteiger partial charge in [-0.15, -0.1) is 0 Å². The molecule has 2 aromatic carbocycles. The lowest BCUT2D eigenvalue weighted by Gasteiger charge is -2.10. The molecule has 0 bridgehead atoms. The number of nitrogens with zero attached hydrogens (tertiary/aromatic N) is 2. The van der Waals surface area contributed by atoms with Gasteiger partial charge in [0.1, 0.15) is 5.82 Å². The summed E-state index contributed by atoms with van der Waals surface area (Å²) in [6.45, 7) is 1.95. The summed E-state index contributed by atoms with van der Waals surface area (Å²) >= 11 is 0. The second kappa shape index (κ2) is 10.7. The van der Waals surface area contributed by atoms with Crippen LogP contribution in [0.2, 0.25) is 0 Å². The number of anilines is 1. The summed E-state index contributed by atoms with van der Waals surface area (Å²) in [6, 6.07) is 18.1. The third kappa shape index (κ3) is 5.93. The van der Waals surface area contributed by atoms with Gasteiger partial charge in [0.05, 0.1) is 30.2 Å². The summed E-state index contributed by atoms with van der Waals surface area (Å²) in [5, 5.41) is 12.0. The third-order valence-electron chi connectivity index (χ3n) is 5.32. The Bertz CT molecular complexity index is 1380. The number of hydrogen-bond acceptors (Lipinski definition) is 5. The van der Waals surface area contributed by atoms with Crippen LogP contribution in [-0.2, 0) is 18.0 Å². The van der Waals surface area contributed by atoms with E-state index in [-0.39, 0.29) is 18.8 Å². The van der Waals surface area contributed by atoms with Crippen molar-refractivity contribution in [2.45, 2.75) is 20.1 Å². The van der Waals surface area contributed by atoms with Crippen LogP contribution in [0.25, 0.3) is 11.1 Å². The minimum atomic E-state index is -1.07. The quantitative estimate of drug-likeness (QED) is 0.364. The number of aromatic carboxylic acids is 1. The largest absolute Gasteiger partial charge is 0.478 e. The van der Waals surface area contributed by atoms with Crippen molar-refractivity contribution in [1.29, 1.82) is 0 Å². The van der Waals surface area contributed by atoms with Gasteiger partial charge in [0.15, 0.2) is 0 Å². The molecule has 0 atom stereocenters. The van der Waals surface area contributed by atoms with Crippen LogP contribution in [0.1, 0.15) is 37.7 Å². The number of ether oxygens (including phenoxy) is 1. The van der Waals surface area contributed by atoms with Gasteiger partial charge in [0.25, 0.3) is 5.91 Å². The van der Waals surface area contributed by atoms with Gasteiger partial charge in [0, 0.05) is 34.8 Å². The van der Waals surface area contributed by atoms with E-state index >= 15 is 0 Å². The molecule has 4 aromatic rings. The first-order valence-corrected chi connectivity index (χ1v) is 10.8. The fourth-order valence-corrected chi connectivity index (χ4v) is 3.44. The standard InChI is InChI=1S/C27H22FN3O4/c1-17-24(27(33)34)12-21(14-30-17)18-5-4-6-19(11-18)26(32)31-22-9-8-20(25(28)13-22)15-35-16-23-7-2-3-10-29-23/h2-14H,15-16H2,1H3,(H,31,32)(H,33,34).